The summed E-state index contributed by atoms with van der Waals surface area (Å²) in [5.41, 5.74) is 0.674. The number of rotatable bonds is 5. The smallest absolute Gasteiger partial charge is 0.293 e. The summed E-state index contributed by atoms with van der Waals surface area (Å²) < 4.78 is 14.6. The minimum Gasteiger partial charge on any atom is -0.336 e. The lowest BCUT2D eigenvalue weighted by Crippen LogP contribution is -2.36. The Morgan fingerprint density at radius 1 is 1.26 bits per heavy atom. The molecular formula is C17H23FN4O. The van der Waals surface area contributed by atoms with Crippen molar-refractivity contribution < 1.29 is 9.18 Å². The van der Waals surface area contributed by atoms with Crippen molar-refractivity contribution in [1.29, 1.82) is 0 Å². The quantitative estimate of drug-likeness (QED) is 0.850. The summed E-state index contributed by atoms with van der Waals surface area (Å²) in [4.78, 5) is 18.5. The van der Waals surface area contributed by atoms with Gasteiger partial charge in [0.15, 0.2) is 0 Å². The zero-order valence-corrected chi connectivity index (χ0v) is 14.2. The maximum Gasteiger partial charge on any atom is 0.293 e. The van der Waals surface area contributed by atoms with Crippen LogP contribution in [0.25, 0.3) is 5.69 Å². The Balaban J connectivity index is 2.23. The number of hydrogen-bond acceptors (Lipinski definition) is 3. The molecule has 0 saturated heterocycles. The van der Waals surface area contributed by atoms with E-state index in [0.717, 1.165) is 6.42 Å². The molecule has 0 saturated carbocycles. The van der Waals surface area contributed by atoms with Gasteiger partial charge in [0.05, 0.1) is 5.69 Å². The molecule has 1 aromatic carbocycles. The maximum absolute atomic E-state index is 13.0. The average molecular weight is 318 g/mol. The molecule has 0 aliphatic heterocycles. The molecule has 23 heavy (non-hydrogen) atoms. The summed E-state index contributed by atoms with van der Waals surface area (Å²) in [5.74, 6) is 0.730. The van der Waals surface area contributed by atoms with Gasteiger partial charge in [-0.2, -0.15) is 0 Å². The molecule has 2 aromatic rings. The van der Waals surface area contributed by atoms with E-state index in [4.69, 9.17) is 0 Å². The van der Waals surface area contributed by atoms with Crippen molar-refractivity contribution in [3.05, 3.63) is 41.7 Å². The zero-order chi connectivity index (χ0) is 17.1. The van der Waals surface area contributed by atoms with E-state index >= 15 is 0 Å². The van der Waals surface area contributed by atoms with Crippen LogP contribution >= 0.6 is 0 Å². The molecule has 0 spiro atoms. The number of aromatic nitrogens is 3. The Morgan fingerprint density at radius 2 is 1.87 bits per heavy atom. The minimum absolute atomic E-state index is 0.112. The van der Waals surface area contributed by atoms with Crippen molar-refractivity contribution >= 4 is 5.91 Å². The maximum atomic E-state index is 13.0. The fraction of sp³-hybridized carbons (Fsp3) is 0.471. The molecule has 1 amide bonds. The molecule has 1 aromatic heterocycles. The molecule has 0 bridgehead atoms. The van der Waals surface area contributed by atoms with Gasteiger partial charge in [0.25, 0.3) is 5.91 Å². The van der Waals surface area contributed by atoms with Crippen molar-refractivity contribution in [2.45, 2.75) is 40.2 Å². The van der Waals surface area contributed by atoms with E-state index in [1.807, 2.05) is 6.92 Å². The fourth-order valence-corrected chi connectivity index (χ4v) is 2.51. The first-order valence-electron chi connectivity index (χ1n) is 7.76. The third-order valence-electron chi connectivity index (χ3n) is 3.83. The van der Waals surface area contributed by atoms with Crippen molar-refractivity contribution in [2.24, 2.45) is 5.92 Å². The van der Waals surface area contributed by atoms with Crippen LogP contribution in [0.5, 0.6) is 0 Å². The molecule has 0 aliphatic carbocycles. The van der Waals surface area contributed by atoms with Crippen LogP contribution < -0.4 is 0 Å². The highest BCUT2D eigenvalue weighted by molar-refractivity contribution is 5.90. The van der Waals surface area contributed by atoms with Gasteiger partial charge in [0.1, 0.15) is 11.6 Å². The first-order chi connectivity index (χ1) is 10.8. The zero-order valence-electron chi connectivity index (χ0n) is 14.2. The van der Waals surface area contributed by atoms with Gasteiger partial charge >= 0.3 is 0 Å². The number of halogens is 1. The minimum atomic E-state index is -0.315. The van der Waals surface area contributed by atoms with Crippen LogP contribution in [-0.4, -0.2) is 38.7 Å². The molecule has 1 atom stereocenters. The number of amides is 1. The molecule has 2 rings (SSSR count). The number of benzene rings is 1. The molecule has 0 N–H and O–H groups in total. The van der Waals surface area contributed by atoms with Crippen LogP contribution in [0.2, 0.25) is 0 Å². The second-order valence-electron chi connectivity index (χ2n) is 6.27. The normalized spacial score (nSPS) is 12.5. The lowest BCUT2D eigenvalue weighted by atomic mass is 10.0. The molecular weight excluding hydrogens is 295 g/mol. The number of carbonyl (C=O) groups excluding carboxylic acids is 1. The highest BCUT2D eigenvalue weighted by atomic mass is 19.1. The summed E-state index contributed by atoms with van der Waals surface area (Å²) in [6, 6.07) is 6.04. The Hall–Kier alpha value is -2.24. The number of hydrogen-bond donors (Lipinski definition) is 0. The van der Waals surface area contributed by atoms with Gasteiger partial charge in [-0.15, -0.1) is 5.10 Å². The number of carbonyl (C=O) groups is 1. The molecule has 0 aliphatic rings. The third-order valence-corrected chi connectivity index (χ3v) is 3.83. The van der Waals surface area contributed by atoms with E-state index in [1.54, 1.807) is 35.7 Å². The van der Waals surface area contributed by atoms with Crippen molar-refractivity contribution in [3.8, 4) is 5.69 Å². The van der Waals surface area contributed by atoms with Crippen LogP contribution in [0.4, 0.5) is 4.39 Å². The Labute approximate surface area is 136 Å². The Morgan fingerprint density at radius 3 is 2.43 bits per heavy atom. The van der Waals surface area contributed by atoms with E-state index in [1.165, 1.54) is 12.1 Å². The summed E-state index contributed by atoms with van der Waals surface area (Å²) in [6.45, 7) is 8.04. The summed E-state index contributed by atoms with van der Waals surface area (Å²) in [7, 11) is 1.77. The first-order valence-corrected chi connectivity index (χ1v) is 7.76. The standard InChI is InChI=1S/C17H23FN4O/c1-11(2)10-12(3)21(5)17(23)16-19-13(4)22(20-16)15-8-6-14(18)7-9-15/h6-9,11-12H,10H2,1-5H3. The summed E-state index contributed by atoms with van der Waals surface area (Å²) in [5, 5.41) is 4.28. The average Bonchev–Trinajstić information content (AvgIpc) is 2.87. The molecule has 5 nitrogen and oxygen atoms in total. The second kappa shape index (κ2) is 6.89. The summed E-state index contributed by atoms with van der Waals surface area (Å²) >= 11 is 0. The number of nitrogens with zero attached hydrogens (tertiary/aromatic N) is 4. The van der Waals surface area contributed by atoms with Gasteiger partial charge in [0, 0.05) is 13.1 Å². The van der Waals surface area contributed by atoms with Gasteiger partial charge in [-0.05, 0) is 50.5 Å². The highest BCUT2D eigenvalue weighted by Gasteiger charge is 2.23. The highest BCUT2D eigenvalue weighted by Crippen LogP contribution is 2.14. The lowest BCUT2D eigenvalue weighted by molar-refractivity contribution is 0.0716. The van der Waals surface area contributed by atoms with Crippen LogP contribution in [0.15, 0.2) is 24.3 Å². The van der Waals surface area contributed by atoms with E-state index in [-0.39, 0.29) is 23.6 Å². The SMILES string of the molecule is Cc1nc(C(=O)N(C)C(C)CC(C)C)nn1-c1ccc(F)cc1. The van der Waals surface area contributed by atoms with Crippen LogP contribution in [0.3, 0.4) is 0 Å². The van der Waals surface area contributed by atoms with Crippen molar-refractivity contribution in [2.75, 3.05) is 7.05 Å². The van der Waals surface area contributed by atoms with Crippen molar-refractivity contribution in [3.63, 3.8) is 0 Å². The van der Waals surface area contributed by atoms with Gasteiger partial charge in [0.2, 0.25) is 5.82 Å². The van der Waals surface area contributed by atoms with Gasteiger partial charge in [-0.3, -0.25) is 4.79 Å². The largest absolute Gasteiger partial charge is 0.336 e. The molecule has 1 unspecified atom stereocenters. The Bertz CT molecular complexity index is 678. The second-order valence-corrected chi connectivity index (χ2v) is 6.27. The lowest BCUT2D eigenvalue weighted by Gasteiger charge is -2.25. The molecule has 124 valence electrons. The number of aryl methyl sites for hydroxylation is 1. The topological polar surface area (TPSA) is 51.0 Å². The van der Waals surface area contributed by atoms with Gasteiger partial charge in [-0.25, -0.2) is 14.1 Å². The monoisotopic (exact) mass is 318 g/mol. The van der Waals surface area contributed by atoms with Crippen LogP contribution in [-0.2, 0) is 0 Å². The third kappa shape index (κ3) is 3.94. The van der Waals surface area contributed by atoms with Crippen molar-refractivity contribution in [1.82, 2.24) is 19.7 Å². The predicted octanol–water partition coefficient (Wildman–Crippen LogP) is 3.22. The predicted molar refractivity (Wildman–Crippen MR) is 87.1 cm³/mol. The van der Waals surface area contributed by atoms with E-state index in [0.29, 0.717) is 17.4 Å². The van der Waals surface area contributed by atoms with E-state index in [2.05, 4.69) is 23.9 Å². The van der Waals surface area contributed by atoms with Gasteiger partial charge in [-0.1, -0.05) is 13.8 Å². The summed E-state index contributed by atoms with van der Waals surface area (Å²) in [6.07, 6.45) is 0.917. The Kier molecular flexibility index (Phi) is 5.13. The molecule has 0 radical (unpaired) electrons. The van der Waals surface area contributed by atoms with Crippen LogP contribution in [0, 0.1) is 18.7 Å². The fourth-order valence-electron chi connectivity index (χ4n) is 2.51. The van der Waals surface area contributed by atoms with Gasteiger partial charge < -0.3 is 4.90 Å². The molecule has 0 fully saturated rings. The van der Waals surface area contributed by atoms with E-state index < -0.39 is 0 Å². The van der Waals surface area contributed by atoms with Crippen LogP contribution in [0.1, 0.15) is 43.6 Å². The molecule has 1 heterocycles. The van der Waals surface area contributed by atoms with E-state index in [9.17, 15) is 9.18 Å². The first kappa shape index (κ1) is 17.1. The molecule has 6 heteroatoms.